The quantitative estimate of drug-likeness (QED) is 0.444. The van der Waals surface area contributed by atoms with Crippen molar-refractivity contribution < 1.29 is 31.4 Å². The molecule has 0 spiro atoms. The molecule has 1 aliphatic heterocycles. The van der Waals surface area contributed by atoms with E-state index in [1.54, 1.807) is 31.2 Å². The molecule has 0 aromatic heterocycles. The molecule has 1 aliphatic rings. The van der Waals surface area contributed by atoms with Gasteiger partial charge >= 0.3 is 6.36 Å². The van der Waals surface area contributed by atoms with E-state index in [0.717, 1.165) is 23.3 Å². The Labute approximate surface area is 174 Å². The van der Waals surface area contributed by atoms with E-state index >= 15 is 0 Å². The van der Waals surface area contributed by atoms with Crippen LogP contribution in [0.3, 0.4) is 0 Å². The molecular formula is C23H16F5NO2. The number of rotatable bonds is 4. The standard InChI is InChI=1S/C23H16F5NO2/c1-13-21(29-22(30-13)20-18(24)3-2-4-19(20)25)16-7-5-14(6-8-16)15-9-11-17(12-10-15)31-23(26,27)28/h2-13,21H,1H3/t13?,21-/m1/s1. The van der Waals surface area contributed by atoms with Crippen LogP contribution in [0.5, 0.6) is 5.75 Å². The Morgan fingerprint density at radius 2 is 1.39 bits per heavy atom. The molecule has 0 radical (unpaired) electrons. The fourth-order valence-corrected chi connectivity index (χ4v) is 3.40. The van der Waals surface area contributed by atoms with Crippen molar-refractivity contribution in [1.29, 1.82) is 0 Å². The molecule has 0 aliphatic carbocycles. The Morgan fingerprint density at radius 1 is 0.839 bits per heavy atom. The highest BCUT2D eigenvalue weighted by molar-refractivity contribution is 5.96. The van der Waals surface area contributed by atoms with Crippen molar-refractivity contribution in [3.8, 4) is 16.9 Å². The van der Waals surface area contributed by atoms with Crippen LogP contribution in [-0.2, 0) is 4.74 Å². The lowest BCUT2D eigenvalue weighted by atomic mass is 9.99. The molecule has 3 nitrogen and oxygen atoms in total. The lowest BCUT2D eigenvalue weighted by molar-refractivity contribution is -0.274. The van der Waals surface area contributed by atoms with Gasteiger partial charge in [0.2, 0.25) is 5.90 Å². The lowest BCUT2D eigenvalue weighted by Gasteiger charge is -2.14. The summed E-state index contributed by atoms with van der Waals surface area (Å²) < 4.78 is 74.4. The number of alkyl halides is 3. The van der Waals surface area contributed by atoms with E-state index in [4.69, 9.17) is 4.74 Å². The van der Waals surface area contributed by atoms with Gasteiger partial charge in [-0.15, -0.1) is 13.2 Å². The molecule has 2 atom stereocenters. The first-order chi connectivity index (χ1) is 14.7. The second kappa shape index (κ2) is 8.02. The Morgan fingerprint density at radius 3 is 1.94 bits per heavy atom. The maximum absolute atomic E-state index is 14.0. The highest BCUT2D eigenvalue weighted by atomic mass is 19.4. The molecule has 3 aromatic rings. The van der Waals surface area contributed by atoms with Gasteiger partial charge in [-0.3, -0.25) is 0 Å². The molecule has 0 saturated carbocycles. The van der Waals surface area contributed by atoms with Crippen LogP contribution in [0.15, 0.2) is 71.7 Å². The first kappa shape index (κ1) is 20.8. The summed E-state index contributed by atoms with van der Waals surface area (Å²) in [5.41, 5.74) is 1.96. The highest BCUT2D eigenvalue weighted by Crippen LogP contribution is 2.33. The summed E-state index contributed by atoms with van der Waals surface area (Å²) in [5.74, 6) is -1.88. The second-order valence-electron chi connectivity index (χ2n) is 6.99. The summed E-state index contributed by atoms with van der Waals surface area (Å²) >= 11 is 0. The van der Waals surface area contributed by atoms with Crippen molar-refractivity contribution in [2.24, 2.45) is 4.99 Å². The summed E-state index contributed by atoms with van der Waals surface area (Å²) in [6, 6.07) is 15.8. The summed E-state index contributed by atoms with van der Waals surface area (Å²) in [6.07, 6.45) is -5.17. The highest BCUT2D eigenvalue weighted by Gasteiger charge is 2.32. The summed E-state index contributed by atoms with van der Waals surface area (Å²) in [5, 5.41) is 0. The minimum absolute atomic E-state index is 0.0857. The normalized spacial score (nSPS) is 18.5. The zero-order valence-corrected chi connectivity index (χ0v) is 16.2. The average Bonchev–Trinajstić information content (AvgIpc) is 3.08. The Hall–Kier alpha value is -3.42. The molecule has 0 amide bonds. The van der Waals surface area contributed by atoms with Crippen molar-refractivity contribution in [3.63, 3.8) is 0 Å². The molecule has 0 saturated heterocycles. The predicted octanol–water partition coefficient (Wildman–Crippen LogP) is 6.44. The topological polar surface area (TPSA) is 30.8 Å². The van der Waals surface area contributed by atoms with Gasteiger partial charge in [0.1, 0.15) is 35.1 Å². The Balaban J connectivity index is 1.55. The largest absolute Gasteiger partial charge is 0.573 e. The molecule has 0 bridgehead atoms. The molecule has 0 N–H and O–H groups in total. The fourth-order valence-electron chi connectivity index (χ4n) is 3.40. The van der Waals surface area contributed by atoms with Gasteiger partial charge in [0.25, 0.3) is 0 Å². The van der Waals surface area contributed by atoms with Gasteiger partial charge in [0, 0.05) is 0 Å². The van der Waals surface area contributed by atoms with Crippen LogP contribution in [0.1, 0.15) is 24.1 Å². The first-order valence-corrected chi connectivity index (χ1v) is 9.36. The van der Waals surface area contributed by atoms with E-state index in [1.807, 2.05) is 0 Å². The molecule has 31 heavy (non-hydrogen) atoms. The fraction of sp³-hybridized carbons (Fsp3) is 0.174. The van der Waals surface area contributed by atoms with Gasteiger partial charge in [-0.05, 0) is 47.9 Å². The van der Waals surface area contributed by atoms with Gasteiger partial charge in [0.05, 0.1) is 0 Å². The Kier molecular flexibility index (Phi) is 5.39. The van der Waals surface area contributed by atoms with E-state index in [9.17, 15) is 22.0 Å². The average molecular weight is 433 g/mol. The third-order valence-electron chi connectivity index (χ3n) is 4.85. The van der Waals surface area contributed by atoms with Gasteiger partial charge < -0.3 is 9.47 Å². The maximum Gasteiger partial charge on any atom is 0.573 e. The van der Waals surface area contributed by atoms with Crippen LogP contribution in [0, 0.1) is 11.6 Å². The SMILES string of the molecule is CC1OC(c2c(F)cccc2F)=N[C@H]1c1ccc(-c2ccc(OC(F)(F)F)cc2)cc1. The second-order valence-corrected chi connectivity index (χ2v) is 6.99. The van der Waals surface area contributed by atoms with Crippen LogP contribution < -0.4 is 4.74 Å². The van der Waals surface area contributed by atoms with Crippen LogP contribution in [0.25, 0.3) is 11.1 Å². The number of ether oxygens (including phenoxy) is 2. The molecule has 160 valence electrons. The molecule has 4 rings (SSSR count). The molecule has 8 heteroatoms. The van der Waals surface area contributed by atoms with Crippen molar-refractivity contribution in [3.05, 3.63) is 89.5 Å². The van der Waals surface area contributed by atoms with Crippen molar-refractivity contribution in [1.82, 2.24) is 0 Å². The van der Waals surface area contributed by atoms with Crippen molar-refractivity contribution >= 4 is 5.90 Å². The number of benzene rings is 3. The van der Waals surface area contributed by atoms with E-state index in [1.165, 1.54) is 30.3 Å². The summed E-state index contributed by atoms with van der Waals surface area (Å²) in [6.45, 7) is 1.76. The summed E-state index contributed by atoms with van der Waals surface area (Å²) in [4.78, 5) is 4.37. The molecule has 1 heterocycles. The van der Waals surface area contributed by atoms with Gasteiger partial charge in [0.15, 0.2) is 0 Å². The van der Waals surface area contributed by atoms with E-state index < -0.39 is 30.1 Å². The number of hydrogen-bond acceptors (Lipinski definition) is 3. The predicted molar refractivity (Wildman–Crippen MR) is 105 cm³/mol. The lowest BCUT2D eigenvalue weighted by Crippen LogP contribution is -2.16. The molecular weight excluding hydrogens is 417 g/mol. The van der Waals surface area contributed by atoms with Crippen LogP contribution in [-0.4, -0.2) is 18.4 Å². The van der Waals surface area contributed by atoms with Gasteiger partial charge in [-0.25, -0.2) is 13.8 Å². The van der Waals surface area contributed by atoms with Gasteiger partial charge in [-0.1, -0.05) is 42.5 Å². The molecule has 3 aromatic carbocycles. The maximum atomic E-state index is 14.0. The van der Waals surface area contributed by atoms with Gasteiger partial charge in [-0.2, -0.15) is 0 Å². The van der Waals surface area contributed by atoms with Crippen molar-refractivity contribution in [2.45, 2.75) is 25.4 Å². The summed E-state index contributed by atoms with van der Waals surface area (Å²) in [7, 11) is 0. The zero-order valence-electron chi connectivity index (χ0n) is 16.2. The third-order valence-corrected chi connectivity index (χ3v) is 4.85. The van der Waals surface area contributed by atoms with Crippen LogP contribution in [0.4, 0.5) is 22.0 Å². The molecule has 0 fully saturated rings. The third kappa shape index (κ3) is 4.52. The number of halogens is 5. The minimum Gasteiger partial charge on any atom is -0.472 e. The number of hydrogen-bond donors (Lipinski definition) is 0. The van der Waals surface area contributed by atoms with Crippen molar-refractivity contribution in [2.75, 3.05) is 0 Å². The van der Waals surface area contributed by atoms with E-state index in [2.05, 4.69) is 9.73 Å². The monoisotopic (exact) mass is 433 g/mol. The smallest absolute Gasteiger partial charge is 0.472 e. The number of aliphatic imine (C=N–C) groups is 1. The first-order valence-electron chi connectivity index (χ1n) is 9.36. The number of nitrogens with zero attached hydrogens (tertiary/aromatic N) is 1. The van der Waals surface area contributed by atoms with E-state index in [-0.39, 0.29) is 17.2 Å². The molecule has 1 unspecified atom stereocenters. The minimum atomic E-state index is -4.74. The van der Waals surface area contributed by atoms with Crippen LogP contribution in [0.2, 0.25) is 0 Å². The van der Waals surface area contributed by atoms with Crippen LogP contribution >= 0.6 is 0 Å². The van der Waals surface area contributed by atoms with E-state index in [0.29, 0.717) is 5.56 Å². The zero-order chi connectivity index (χ0) is 22.2. The Bertz CT molecular complexity index is 1090.